The van der Waals surface area contributed by atoms with Gasteiger partial charge < -0.3 is 15.3 Å². The van der Waals surface area contributed by atoms with Crippen LogP contribution >= 0.6 is 0 Å². The molecular formula is C37H39F6N3O. The summed E-state index contributed by atoms with van der Waals surface area (Å²) in [5.74, 6) is 0. The molecule has 0 bridgehead atoms. The summed E-state index contributed by atoms with van der Waals surface area (Å²) >= 11 is 0. The van der Waals surface area contributed by atoms with E-state index in [9.17, 15) is 31.4 Å². The lowest BCUT2D eigenvalue weighted by Gasteiger charge is -2.29. The van der Waals surface area contributed by atoms with Gasteiger partial charge in [0.1, 0.15) is 5.69 Å². The number of halogens is 6. The molecule has 1 saturated heterocycles. The molecule has 0 amide bonds. The summed E-state index contributed by atoms with van der Waals surface area (Å²) in [6.45, 7) is 1.68. The zero-order chi connectivity index (χ0) is 33.8. The highest BCUT2D eigenvalue weighted by Crippen LogP contribution is 2.40. The van der Waals surface area contributed by atoms with Crippen LogP contribution in [0.25, 0.3) is 16.5 Å². The fourth-order valence-corrected chi connectivity index (χ4v) is 6.36. The van der Waals surface area contributed by atoms with Crippen LogP contribution in [0.4, 0.5) is 26.3 Å². The molecule has 1 aliphatic carbocycles. The van der Waals surface area contributed by atoms with Crippen LogP contribution < -0.4 is 5.32 Å². The Morgan fingerprint density at radius 2 is 1.51 bits per heavy atom. The molecule has 47 heavy (non-hydrogen) atoms. The standard InChI is InChI=1S/C20H23N.C17H16F6N2O/c1-21(2)15-7-12-20-18-10-5-3-8-16(18)13-14-17-9-4-6-11-19(17)20;18-16(19,20)11-5-3-4-9-10(15(26)12-6-1-2-7-24-12)8-13(17(21,22)23)25-14(9)11/h3-6,8-12H,7,13-15H2,1-2H3;3-5,8,12,15,24,26H,1-2,6-7H2/t;12-,15+/m.1/s1. The highest BCUT2D eigenvalue weighted by molar-refractivity contribution is 5.86. The first-order valence-corrected chi connectivity index (χ1v) is 15.9. The van der Waals surface area contributed by atoms with Crippen molar-refractivity contribution >= 4 is 16.5 Å². The topological polar surface area (TPSA) is 48.4 Å². The monoisotopic (exact) mass is 655 g/mol. The molecule has 10 heteroatoms. The molecule has 2 N–H and O–H groups in total. The lowest BCUT2D eigenvalue weighted by Crippen LogP contribution is -2.39. The van der Waals surface area contributed by atoms with Crippen LogP contribution in [-0.4, -0.2) is 48.2 Å². The van der Waals surface area contributed by atoms with Crippen molar-refractivity contribution < 1.29 is 31.4 Å². The Bertz CT molecular complexity index is 1660. The molecule has 2 atom stereocenters. The van der Waals surface area contributed by atoms with Gasteiger partial charge in [-0.15, -0.1) is 0 Å². The summed E-state index contributed by atoms with van der Waals surface area (Å²) in [4.78, 5) is 5.47. The van der Waals surface area contributed by atoms with E-state index in [1.54, 1.807) is 0 Å². The van der Waals surface area contributed by atoms with Crippen molar-refractivity contribution in [1.82, 2.24) is 15.2 Å². The van der Waals surface area contributed by atoms with E-state index in [2.05, 4.69) is 83.9 Å². The second kappa shape index (κ2) is 14.6. The number of hydrogen-bond donors (Lipinski definition) is 2. The second-order valence-electron chi connectivity index (χ2n) is 12.3. The number of benzene rings is 3. The van der Waals surface area contributed by atoms with E-state index in [4.69, 9.17) is 0 Å². The van der Waals surface area contributed by atoms with Gasteiger partial charge >= 0.3 is 12.4 Å². The van der Waals surface area contributed by atoms with Gasteiger partial charge in [0.25, 0.3) is 0 Å². The van der Waals surface area contributed by atoms with Gasteiger partial charge in [-0.1, -0.05) is 73.2 Å². The Hall–Kier alpha value is -3.73. The molecule has 1 fully saturated rings. The Morgan fingerprint density at radius 1 is 0.872 bits per heavy atom. The maximum absolute atomic E-state index is 13.2. The molecule has 4 nitrogen and oxygen atoms in total. The number of para-hydroxylation sites is 1. The summed E-state index contributed by atoms with van der Waals surface area (Å²) in [5, 5.41) is 13.5. The lowest BCUT2D eigenvalue weighted by molar-refractivity contribution is -0.142. The fourth-order valence-electron chi connectivity index (χ4n) is 6.36. The maximum atomic E-state index is 13.2. The molecule has 1 aromatic heterocycles. The van der Waals surface area contributed by atoms with E-state index in [-0.39, 0.29) is 10.9 Å². The number of fused-ring (bicyclic) bond motifs is 3. The number of rotatable bonds is 5. The molecule has 0 unspecified atom stereocenters. The van der Waals surface area contributed by atoms with Crippen LogP contribution in [0.2, 0.25) is 0 Å². The van der Waals surface area contributed by atoms with Crippen LogP contribution in [0.15, 0.2) is 78.9 Å². The van der Waals surface area contributed by atoms with E-state index in [1.807, 2.05) is 0 Å². The molecule has 250 valence electrons. The zero-order valence-corrected chi connectivity index (χ0v) is 26.4. The SMILES string of the molecule is CN(C)CCC=C1c2ccccc2CCc2ccccc21.O[C@@H](c1cc(C(F)(F)F)nc2c(C(F)(F)F)cccc12)[C@H]1CCCCN1. The molecule has 0 saturated carbocycles. The third-order valence-corrected chi connectivity index (χ3v) is 8.72. The van der Waals surface area contributed by atoms with Crippen molar-refractivity contribution in [3.05, 3.63) is 118 Å². The third kappa shape index (κ3) is 8.23. The molecule has 2 aliphatic rings. The van der Waals surface area contributed by atoms with Crippen LogP contribution in [0.1, 0.15) is 70.9 Å². The van der Waals surface area contributed by atoms with Crippen LogP contribution in [-0.2, 0) is 25.2 Å². The number of nitrogens with one attached hydrogen (secondary N) is 1. The number of hydrogen-bond acceptors (Lipinski definition) is 4. The largest absolute Gasteiger partial charge is 0.433 e. The molecule has 2 heterocycles. The van der Waals surface area contributed by atoms with Crippen molar-refractivity contribution in [2.45, 2.75) is 63.0 Å². The zero-order valence-electron chi connectivity index (χ0n) is 26.4. The van der Waals surface area contributed by atoms with Gasteiger partial charge in [0.2, 0.25) is 0 Å². The highest BCUT2D eigenvalue weighted by atomic mass is 19.4. The average molecular weight is 656 g/mol. The van der Waals surface area contributed by atoms with Crippen LogP contribution in [0.3, 0.4) is 0 Å². The van der Waals surface area contributed by atoms with E-state index in [1.165, 1.54) is 33.9 Å². The number of piperidine rings is 1. The van der Waals surface area contributed by atoms with Crippen LogP contribution in [0, 0.1) is 0 Å². The number of aromatic nitrogens is 1. The maximum Gasteiger partial charge on any atom is 0.433 e. The predicted octanol–water partition coefficient (Wildman–Crippen LogP) is 8.62. The highest BCUT2D eigenvalue weighted by Gasteiger charge is 2.38. The molecule has 0 radical (unpaired) electrons. The Kier molecular flexibility index (Phi) is 10.7. The Morgan fingerprint density at radius 3 is 2.06 bits per heavy atom. The quantitative estimate of drug-likeness (QED) is 0.212. The number of nitrogens with zero attached hydrogens (tertiary/aromatic N) is 2. The predicted molar refractivity (Wildman–Crippen MR) is 173 cm³/mol. The van der Waals surface area contributed by atoms with Gasteiger partial charge in [-0.2, -0.15) is 26.3 Å². The van der Waals surface area contributed by atoms with Crippen molar-refractivity contribution in [1.29, 1.82) is 0 Å². The first-order valence-electron chi connectivity index (χ1n) is 15.9. The second-order valence-corrected chi connectivity index (χ2v) is 12.3. The summed E-state index contributed by atoms with van der Waals surface area (Å²) in [7, 11) is 4.26. The Labute approximate surface area is 271 Å². The number of aliphatic hydroxyl groups excluding tert-OH is 1. The van der Waals surface area contributed by atoms with E-state index in [0.29, 0.717) is 25.1 Å². The van der Waals surface area contributed by atoms with Crippen molar-refractivity contribution in [2.75, 3.05) is 27.2 Å². The van der Waals surface area contributed by atoms with Gasteiger partial charge in [0.05, 0.1) is 17.2 Å². The van der Waals surface area contributed by atoms with E-state index >= 15 is 0 Å². The lowest BCUT2D eigenvalue weighted by atomic mass is 9.91. The fraction of sp³-hybridized carbons (Fsp3) is 0.378. The summed E-state index contributed by atoms with van der Waals surface area (Å²) in [6.07, 6.45) is -3.21. The number of aryl methyl sites for hydroxylation is 2. The van der Waals surface area contributed by atoms with Gasteiger partial charge in [0, 0.05) is 18.0 Å². The van der Waals surface area contributed by atoms with Gasteiger partial charge in [-0.05, 0) is 98.3 Å². The molecule has 0 spiro atoms. The molecule has 4 aromatic rings. The smallest absolute Gasteiger partial charge is 0.387 e. The normalized spacial score (nSPS) is 17.3. The van der Waals surface area contributed by atoms with Crippen molar-refractivity contribution in [2.24, 2.45) is 0 Å². The minimum Gasteiger partial charge on any atom is -0.387 e. The van der Waals surface area contributed by atoms with Gasteiger partial charge in [-0.25, -0.2) is 4.98 Å². The van der Waals surface area contributed by atoms with Crippen molar-refractivity contribution in [3.63, 3.8) is 0 Å². The molecule has 6 rings (SSSR count). The van der Waals surface area contributed by atoms with Gasteiger partial charge in [-0.3, -0.25) is 0 Å². The minimum atomic E-state index is -4.93. The first-order chi connectivity index (χ1) is 22.3. The number of pyridine rings is 1. The summed E-state index contributed by atoms with van der Waals surface area (Å²) in [6, 6.07) is 20.9. The number of alkyl halides is 6. The number of aliphatic hydroxyl groups is 1. The van der Waals surface area contributed by atoms with Crippen molar-refractivity contribution in [3.8, 4) is 0 Å². The van der Waals surface area contributed by atoms with E-state index in [0.717, 1.165) is 44.7 Å². The minimum absolute atomic E-state index is 0.132. The third-order valence-electron chi connectivity index (χ3n) is 8.72. The molecular weight excluding hydrogens is 616 g/mol. The van der Waals surface area contributed by atoms with Crippen LogP contribution in [0.5, 0.6) is 0 Å². The van der Waals surface area contributed by atoms with Gasteiger partial charge in [0.15, 0.2) is 0 Å². The Balaban J connectivity index is 0.000000189. The summed E-state index contributed by atoms with van der Waals surface area (Å²) < 4.78 is 79.3. The summed E-state index contributed by atoms with van der Waals surface area (Å²) in [5.41, 5.74) is 3.49. The first kappa shape index (κ1) is 34.6. The average Bonchev–Trinajstić information content (AvgIpc) is 3.20. The molecule has 3 aromatic carbocycles. The van der Waals surface area contributed by atoms with E-state index < -0.39 is 41.3 Å². The molecule has 1 aliphatic heterocycles.